The molecule has 0 atom stereocenters. The van der Waals surface area contributed by atoms with Gasteiger partial charge in [0.2, 0.25) is 0 Å². The zero-order valence-electron chi connectivity index (χ0n) is 10.8. The summed E-state index contributed by atoms with van der Waals surface area (Å²) in [5, 5.41) is 3.50. The summed E-state index contributed by atoms with van der Waals surface area (Å²) in [4.78, 5) is 0. The molecule has 0 aliphatic heterocycles. The summed E-state index contributed by atoms with van der Waals surface area (Å²) in [6.07, 6.45) is 0. The molecule has 0 amide bonds. The van der Waals surface area contributed by atoms with Gasteiger partial charge in [-0.15, -0.1) is 0 Å². The van der Waals surface area contributed by atoms with Crippen molar-refractivity contribution in [3.63, 3.8) is 0 Å². The van der Waals surface area contributed by atoms with E-state index in [1.165, 1.54) is 16.9 Å². The summed E-state index contributed by atoms with van der Waals surface area (Å²) < 4.78 is 0. The Kier molecular flexibility index (Phi) is 5.36. The van der Waals surface area contributed by atoms with Crippen LogP contribution >= 0.6 is 11.8 Å². The van der Waals surface area contributed by atoms with E-state index in [1.807, 2.05) is 11.8 Å². The van der Waals surface area contributed by atoms with Gasteiger partial charge in [0.05, 0.1) is 0 Å². The van der Waals surface area contributed by atoms with Gasteiger partial charge in [0, 0.05) is 23.6 Å². The first-order valence-corrected chi connectivity index (χ1v) is 7.01. The predicted octanol–water partition coefficient (Wildman–Crippen LogP) is 3.62. The van der Waals surface area contributed by atoms with Crippen molar-refractivity contribution in [1.29, 1.82) is 0 Å². The third-order valence-electron chi connectivity index (χ3n) is 2.25. The van der Waals surface area contributed by atoms with Gasteiger partial charge in [0.15, 0.2) is 0 Å². The van der Waals surface area contributed by atoms with Crippen molar-refractivity contribution in [2.45, 2.75) is 39.0 Å². The second-order valence-corrected chi connectivity index (χ2v) is 6.32. The van der Waals surface area contributed by atoms with Crippen LogP contribution in [-0.4, -0.2) is 17.8 Å². The molecule has 0 aliphatic carbocycles. The SMILES string of the molecule is Cc1cccc(CSCCNC(C)(C)C)c1. The third kappa shape index (κ3) is 6.19. The number of aryl methyl sites for hydroxylation is 1. The van der Waals surface area contributed by atoms with Crippen LogP contribution < -0.4 is 5.32 Å². The largest absolute Gasteiger partial charge is 0.311 e. The molecular weight excluding hydrogens is 214 g/mol. The molecule has 0 aliphatic rings. The number of thioether (sulfide) groups is 1. The highest BCUT2D eigenvalue weighted by atomic mass is 32.2. The molecule has 1 N–H and O–H groups in total. The molecule has 0 heterocycles. The number of rotatable bonds is 5. The standard InChI is InChI=1S/C14H23NS/c1-12-6-5-7-13(10-12)11-16-9-8-15-14(2,3)4/h5-7,10,15H,8-9,11H2,1-4H3. The average molecular weight is 237 g/mol. The van der Waals surface area contributed by atoms with Crippen molar-refractivity contribution in [3.8, 4) is 0 Å². The van der Waals surface area contributed by atoms with Gasteiger partial charge in [-0.25, -0.2) is 0 Å². The smallest absolute Gasteiger partial charge is 0.0185 e. The molecule has 0 spiro atoms. The zero-order valence-corrected chi connectivity index (χ0v) is 11.7. The van der Waals surface area contributed by atoms with Crippen molar-refractivity contribution in [2.75, 3.05) is 12.3 Å². The Balaban J connectivity index is 2.17. The first-order chi connectivity index (χ1) is 7.47. The van der Waals surface area contributed by atoms with E-state index in [0.717, 1.165) is 12.3 Å². The van der Waals surface area contributed by atoms with E-state index >= 15 is 0 Å². The lowest BCUT2D eigenvalue weighted by molar-refractivity contribution is 0.441. The van der Waals surface area contributed by atoms with Gasteiger partial charge in [-0.05, 0) is 33.3 Å². The molecular formula is C14H23NS. The molecule has 1 nitrogen and oxygen atoms in total. The fraction of sp³-hybridized carbons (Fsp3) is 0.571. The monoisotopic (exact) mass is 237 g/mol. The van der Waals surface area contributed by atoms with Crippen molar-refractivity contribution >= 4 is 11.8 Å². The lowest BCUT2D eigenvalue weighted by Crippen LogP contribution is -2.37. The maximum atomic E-state index is 3.50. The number of hydrogen-bond acceptors (Lipinski definition) is 2. The Morgan fingerprint density at radius 1 is 1.25 bits per heavy atom. The highest BCUT2D eigenvalue weighted by Crippen LogP contribution is 2.13. The van der Waals surface area contributed by atoms with Gasteiger partial charge in [-0.3, -0.25) is 0 Å². The minimum atomic E-state index is 0.240. The third-order valence-corrected chi connectivity index (χ3v) is 3.28. The molecule has 1 aromatic carbocycles. The number of hydrogen-bond donors (Lipinski definition) is 1. The molecule has 0 bridgehead atoms. The van der Waals surface area contributed by atoms with E-state index in [1.54, 1.807) is 0 Å². The minimum Gasteiger partial charge on any atom is -0.311 e. The second-order valence-electron chi connectivity index (χ2n) is 5.22. The van der Waals surface area contributed by atoms with Gasteiger partial charge in [0.25, 0.3) is 0 Å². The Bertz CT molecular complexity index is 315. The highest BCUT2D eigenvalue weighted by Gasteiger charge is 2.06. The molecule has 0 aromatic heterocycles. The zero-order chi connectivity index (χ0) is 12.0. The van der Waals surface area contributed by atoms with Crippen LogP contribution in [0, 0.1) is 6.92 Å². The van der Waals surface area contributed by atoms with Gasteiger partial charge in [0.1, 0.15) is 0 Å². The van der Waals surface area contributed by atoms with Gasteiger partial charge in [-0.2, -0.15) is 11.8 Å². The molecule has 0 saturated heterocycles. The van der Waals surface area contributed by atoms with E-state index < -0.39 is 0 Å². The van der Waals surface area contributed by atoms with Crippen LogP contribution in [-0.2, 0) is 5.75 Å². The maximum Gasteiger partial charge on any atom is 0.0185 e. The van der Waals surface area contributed by atoms with E-state index in [0.29, 0.717) is 0 Å². The normalized spacial score (nSPS) is 11.8. The Labute approximate surface area is 104 Å². The summed E-state index contributed by atoms with van der Waals surface area (Å²) in [7, 11) is 0. The van der Waals surface area contributed by atoms with Crippen LogP contribution in [0.5, 0.6) is 0 Å². The van der Waals surface area contributed by atoms with Crippen LogP contribution in [0.1, 0.15) is 31.9 Å². The molecule has 1 rings (SSSR count). The Morgan fingerprint density at radius 3 is 2.62 bits per heavy atom. The fourth-order valence-corrected chi connectivity index (χ4v) is 2.30. The lowest BCUT2D eigenvalue weighted by Gasteiger charge is -2.20. The topological polar surface area (TPSA) is 12.0 Å². The highest BCUT2D eigenvalue weighted by molar-refractivity contribution is 7.98. The molecule has 90 valence electrons. The molecule has 0 fully saturated rings. The quantitative estimate of drug-likeness (QED) is 0.785. The maximum absolute atomic E-state index is 3.50. The first kappa shape index (κ1) is 13.6. The van der Waals surface area contributed by atoms with Gasteiger partial charge in [-0.1, -0.05) is 29.8 Å². The summed E-state index contributed by atoms with van der Waals surface area (Å²) >= 11 is 1.99. The minimum absolute atomic E-state index is 0.240. The molecule has 0 saturated carbocycles. The van der Waals surface area contributed by atoms with E-state index in [2.05, 4.69) is 57.3 Å². The molecule has 1 aromatic rings. The van der Waals surface area contributed by atoms with Crippen LogP contribution in [0.2, 0.25) is 0 Å². The van der Waals surface area contributed by atoms with E-state index in [4.69, 9.17) is 0 Å². The summed E-state index contributed by atoms with van der Waals surface area (Å²) in [6, 6.07) is 8.76. The fourth-order valence-electron chi connectivity index (χ4n) is 1.49. The van der Waals surface area contributed by atoms with Crippen molar-refractivity contribution in [2.24, 2.45) is 0 Å². The van der Waals surface area contributed by atoms with Gasteiger partial charge < -0.3 is 5.32 Å². The van der Waals surface area contributed by atoms with Crippen molar-refractivity contribution in [1.82, 2.24) is 5.32 Å². The summed E-state index contributed by atoms with van der Waals surface area (Å²) in [5.41, 5.74) is 3.02. The number of nitrogens with one attached hydrogen (secondary N) is 1. The van der Waals surface area contributed by atoms with Crippen LogP contribution in [0.4, 0.5) is 0 Å². The second kappa shape index (κ2) is 6.31. The van der Waals surface area contributed by atoms with E-state index in [9.17, 15) is 0 Å². The van der Waals surface area contributed by atoms with Crippen LogP contribution in [0.3, 0.4) is 0 Å². The molecule has 2 heteroatoms. The lowest BCUT2D eigenvalue weighted by atomic mass is 10.1. The molecule has 16 heavy (non-hydrogen) atoms. The van der Waals surface area contributed by atoms with E-state index in [-0.39, 0.29) is 5.54 Å². The van der Waals surface area contributed by atoms with Crippen LogP contribution in [0.15, 0.2) is 24.3 Å². The van der Waals surface area contributed by atoms with Crippen molar-refractivity contribution < 1.29 is 0 Å². The van der Waals surface area contributed by atoms with Gasteiger partial charge >= 0.3 is 0 Å². The average Bonchev–Trinajstić information content (AvgIpc) is 2.15. The summed E-state index contributed by atoms with van der Waals surface area (Å²) in [6.45, 7) is 9.85. The molecule has 0 unspecified atom stereocenters. The first-order valence-electron chi connectivity index (χ1n) is 5.86. The Morgan fingerprint density at radius 2 is 2.00 bits per heavy atom. The molecule has 0 radical (unpaired) electrons. The summed E-state index contributed by atoms with van der Waals surface area (Å²) in [5.74, 6) is 2.29. The van der Waals surface area contributed by atoms with Crippen molar-refractivity contribution in [3.05, 3.63) is 35.4 Å². The van der Waals surface area contributed by atoms with Crippen LogP contribution in [0.25, 0.3) is 0 Å². The Hall–Kier alpha value is -0.470. The number of benzene rings is 1. The predicted molar refractivity (Wildman–Crippen MR) is 75.1 cm³/mol.